The summed E-state index contributed by atoms with van der Waals surface area (Å²) in [6, 6.07) is 7.86. The summed E-state index contributed by atoms with van der Waals surface area (Å²) in [6.07, 6.45) is 2.49. The summed E-state index contributed by atoms with van der Waals surface area (Å²) in [6.45, 7) is 3.33. The quantitative estimate of drug-likeness (QED) is 0.841. The van der Waals surface area contributed by atoms with E-state index in [0.29, 0.717) is 6.54 Å². The van der Waals surface area contributed by atoms with Crippen molar-refractivity contribution in [2.75, 3.05) is 40.3 Å². The Morgan fingerprint density at radius 3 is 2.73 bits per heavy atom. The number of rotatable bonds is 6. The largest absolute Gasteiger partial charge is 0.354 e. The molecule has 1 aliphatic rings. The number of carbonyl (C=O) groups is 1. The molecule has 1 fully saturated rings. The van der Waals surface area contributed by atoms with Gasteiger partial charge in [-0.3, -0.25) is 4.79 Å². The summed E-state index contributed by atoms with van der Waals surface area (Å²) in [5.41, 5.74) is 0.819. The lowest BCUT2D eigenvalue weighted by Gasteiger charge is -2.36. The molecule has 0 atom stereocenters. The molecule has 0 saturated carbocycles. The summed E-state index contributed by atoms with van der Waals surface area (Å²) in [5.74, 6) is 0.177. The molecule has 0 unspecified atom stereocenters. The minimum absolute atomic E-state index is 0.177. The number of benzene rings is 1. The Labute approximate surface area is 138 Å². The summed E-state index contributed by atoms with van der Waals surface area (Å²) in [4.78, 5) is 14.9. The third-order valence-corrected chi connectivity index (χ3v) is 4.55. The van der Waals surface area contributed by atoms with Crippen LogP contribution in [0.25, 0.3) is 0 Å². The van der Waals surface area contributed by atoms with E-state index < -0.39 is 0 Å². The van der Waals surface area contributed by atoms with Gasteiger partial charge in [-0.15, -0.1) is 0 Å². The summed E-state index contributed by atoms with van der Waals surface area (Å²) in [5, 5.41) is 7.20. The minimum atomic E-state index is -0.317. The zero-order valence-electron chi connectivity index (χ0n) is 13.5. The smallest absolute Gasteiger partial charge is 0.226 e. The second kappa shape index (κ2) is 7.95. The van der Waals surface area contributed by atoms with Gasteiger partial charge in [0.05, 0.1) is 5.41 Å². The molecule has 2 rings (SSSR count). The van der Waals surface area contributed by atoms with Crippen LogP contribution in [-0.4, -0.2) is 51.1 Å². The first-order valence-electron chi connectivity index (χ1n) is 7.90. The van der Waals surface area contributed by atoms with Crippen LogP contribution in [-0.2, 0) is 11.2 Å². The summed E-state index contributed by atoms with van der Waals surface area (Å²) < 4.78 is 0. The predicted octanol–water partition coefficient (Wildman–Crippen LogP) is 1.93. The molecule has 0 radical (unpaired) electrons. The number of carbonyl (C=O) groups excluding carboxylic acids is 1. The zero-order chi connectivity index (χ0) is 16.0. The van der Waals surface area contributed by atoms with Gasteiger partial charge in [-0.1, -0.05) is 23.7 Å². The Balaban J connectivity index is 2.08. The molecule has 1 aromatic rings. The number of piperidine rings is 1. The fourth-order valence-corrected chi connectivity index (χ4v) is 3.22. The third kappa shape index (κ3) is 4.70. The van der Waals surface area contributed by atoms with E-state index in [2.05, 4.69) is 21.6 Å². The molecule has 0 bridgehead atoms. The molecule has 1 amide bonds. The van der Waals surface area contributed by atoms with Crippen molar-refractivity contribution in [3.05, 3.63) is 34.9 Å². The molecule has 1 saturated heterocycles. The highest BCUT2D eigenvalue weighted by Gasteiger charge is 2.39. The van der Waals surface area contributed by atoms with Gasteiger partial charge in [-0.05, 0) is 64.1 Å². The number of halogens is 1. The Kier molecular flexibility index (Phi) is 6.24. The Hall–Kier alpha value is -1.10. The maximum absolute atomic E-state index is 12.8. The van der Waals surface area contributed by atoms with Gasteiger partial charge in [0.15, 0.2) is 0 Å². The molecule has 4 nitrogen and oxygen atoms in total. The molecule has 1 heterocycles. The molecule has 0 aliphatic carbocycles. The van der Waals surface area contributed by atoms with Gasteiger partial charge >= 0.3 is 0 Å². The van der Waals surface area contributed by atoms with Crippen molar-refractivity contribution >= 4 is 17.5 Å². The third-order valence-electron chi connectivity index (χ3n) is 4.32. The molecule has 1 aromatic carbocycles. The van der Waals surface area contributed by atoms with Crippen molar-refractivity contribution in [3.63, 3.8) is 0 Å². The fourth-order valence-electron chi connectivity index (χ4n) is 3.01. The van der Waals surface area contributed by atoms with Crippen LogP contribution in [0.3, 0.4) is 0 Å². The summed E-state index contributed by atoms with van der Waals surface area (Å²) in [7, 11) is 4.02. The first-order valence-corrected chi connectivity index (χ1v) is 8.28. The average molecular weight is 324 g/mol. The van der Waals surface area contributed by atoms with E-state index in [0.717, 1.165) is 49.5 Å². The number of hydrogen-bond donors (Lipinski definition) is 2. The molecule has 1 aliphatic heterocycles. The van der Waals surface area contributed by atoms with E-state index in [1.165, 1.54) is 0 Å². The lowest BCUT2D eigenvalue weighted by molar-refractivity contribution is -0.132. The number of likely N-dealkylation sites (N-methyl/N-ethyl adjacent to an activating group) is 1. The van der Waals surface area contributed by atoms with E-state index in [4.69, 9.17) is 11.6 Å². The standard InChI is InChI=1S/C17H26ClN3O/c1-21(2)11-10-20-16(22)17(6-8-19-9-7-17)13-14-4-3-5-15(18)12-14/h3-5,12,19H,6-11,13H2,1-2H3,(H,20,22). The zero-order valence-corrected chi connectivity index (χ0v) is 14.2. The van der Waals surface area contributed by atoms with Gasteiger partial charge in [0, 0.05) is 18.1 Å². The van der Waals surface area contributed by atoms with Crippen LogP contribution in [0.2, 0.25) is 5.02 Å². The van der Waals surface area contributed by atoms with Crippen molar-refractivity contribution in [3.8, 4) is 0 Å². The van der Waals surface area contributed by atoms with Crippen molar-refractivity contribution in [2.24, 2.45) is 5.41 Å². The predicted molar refractivity (Wildman–Crippen MR) is 91.3 cm³/mol. The first-order chi connectivity index (χ1) is 10.5. The number of hydrogen-bond acceptors (Lipinski definition) is 3. The van der Waals surface area contributed by atoms with Crippen LogP contribution in [0, 0.1) is 5.41 Å². The molecular formula is C17H26ClN3O. The molecule has 2 N–H and O–H groups in total. The highest BCUT2D eigenvalue weighted by atomic mass is 35.5. The van der Waals surface area contributed by atoms with Crippen LogP contribution < -0.4 is 10.6 Å². The Morgan fingerprint density at radius 1 is 1.36 bits per heavy atom. The summed E-state index contributed by atoms with van der Waals surface area (Å²) >= 11 is 6.09. The Bertz CT molecular complexity index is 498. The van der Waals surface area contributed by atoms with Crippen LogP contribution in [0.15, 0.2) is 24.3 Å². The van der Waals surface area contributed by atoms with Crippen molar-refractivity contribution in [1.82, 2.24) is 15.5 Å². The lowest BCUT2D eigenvalue weighted by Crippen LogP contribution is -2.49. The van der Waals surface area contributed by atoms with Gasteiger partial charge in [0.2, 0.25) is 5.91 Å². The van der Waals surface area contributed by atoms with E-state index in [1.807, 2.05) is 32.3 Å². The van der Waals surface area contributed by atoms with E-state index >= 15 is 0 Å². The molecular weight excluding hydrogens is 298 g/mol. The minimum Gasteiger partial charge on any atom is -0.354 e. The second-order valence-electron chi connectivity index (χ2n) is 6.40. The van der Waals surface area contributed by atoms with E-state index in [-0.39, 0.29) is 11.3 Å². The fraction of sp³-hybridized carbons (Fsp3) is 0.588. The maximum Gasteiger partial charge on any atom is 0.226 e. The number of amides is 1. The number of nitrogens with zero attached hydrogens (tertiary/aromatic N) is 1. The SMILES string of the molecule is CN(C)CCNC(=O)C1(Cc2cccc(Cl)c2)CCNCC1. The molecule has 22 heavy (non-hydrogen) atoms. The molecule has 0 aromatic heterocycles. The van der Waals surface area contributed by atoms with Crippen LogP contribution in [0.4, 0.5) is 0 Å². The maximum atomic E-state index is 12.8. The molecule has 0 spiro atoms. The van der Waals surface area contributed by atoms with Gasteiger partial charge in [0.25, 0.3) is 0 Å². The van der Waals surface area contributed by atoms with Gasteiger partial charge in [0.1, 0.15) is 0 Å². The van der Waals surface area contributed by atoms with Crippen LogP contribution in [0.1, 0.15) is 18.4 Å². The van der Waals surface area contributed by atoms with Gasteiger partial charge in [-0.2, -0.15) is 0 Å². The van der Waals surface area contributed by atoms with Gasteiger partial charge in [-0.25, -0.2) is 0 Å². The monoisotopic (exact) mass is 323 g/mol. The topological polar surface area (TPSA) is 44.4 Å². The second-order valence-corrected chi connectivity index (χ2v) is 6.83. The van der Waals surface area contributed by atoms with Crippen LogP contribution >= 0.6 is 11.6 Å². The lowest BCUT2D eigenvalue weighted by atomic mass is 9.73. The molecule has 122 valence electrons. The Morgan fingerprint density at radius 2 is 2.09 bits per heavy atom. The van der Waals surface area contributed by atoms with E-state index in [1.54, 1.807) is 0 Å². The average Bonchev–Trinajstić information content (AvgIpc) is 2.47. The normalized spacial score (nSPS) is 17.5. The number of nitrogens with one attached hydrogen (secondary N) is 2. The highest BCUT2D eigenvalue weighted by Crippen LogP contribution is 2.33. The highest BCUT2D eigenvalue weighted by molar-refractivity contribution is 6.30. The van der Waals surface area contributed by atoms with Crippen molar-refractivity contribution in [1.29, 1.82) is 0 Å². The van der Waals surface area contributed by atoms with Crippen molar-refractivity contribution < 1.29 is 4.79 Å². The molecule has 5 heteroatoms. The van der Waals surface area contributed by atoms with Crippen LogP contribution in [0.5, 0.6) is 0 Å². The van der Waals surface area contributed by atoms with E-state index in [9.17, 15) is 4.79 Å². The first kappa shape index (κ1) is 17.3. The van der Waals surface area contributed by atoms with Gasteiger partial charge < -0.3 is 15.5 Å². The van der Waals surface area contributed by atoms with Crippen molar-refractivity contribution in [2.45, 2.75) is 19.3 Å².